The fourth-order valence-corrected chi connectivity index (χ4v) is 2.87. The van der Waals surface area contributed by atoms with Crippen molar-refractivity contribution in [3.63, 3.8) is 0 Å². The first-order valence-corrected chi connectivity index (χ1v) is 8.04. The third kappa shape index (κ3) is 4.42. The average molecular weight is 290 g/mol. The minimum atomic E-state index is 0.682. The van der Waals surface area contributed by atoms with Crippen LogP contribution in [0.5, 0.6) is 0 Å². The quantitative estimate of drug-likeness (QED) is 0.751. The molecular weight excluding hydrogens is 260 g/mol. The second-order valence-electron chi connectivity index (χ2n) is 6.64. The van der Waals surface area contributed by atoms with Gasteiger partial charge in [-0.3, -0.25) is 4.90 Å². The highest BCUT2D eigenvalue weighted by molar-refractivity contribution is 5.48. The summed E-state index contributed by atoms with van der Waals surface area (Å²) in [5, 5.41) is 0. The molecule has 0 saturated heterocycles. The molecule has 0 N–H and O–H groups in total. The van der Waals surface area contributed by atoms with Crippen molar-refractivity contribution in [1.82, 2.24) is 14.8 Å². The number of hydrogen-bond donors (Lipinski definition) is 0. The molecule has 0 spiro atoms. The van der Waals surface area contributed by atoms with Crippen LogP contribution in [0.25, 0.3) is 0 Å². The zero-order valence-electron chi connectivity index (χ0n) is 14.3. The number of unbranched alkanes of at least 4 members (excludes halogenated alkanes) is 1. The Bertz CT molecular complexity index is 458. The van der Waals surface area contributed by atoms with E-state index in [1.807, 2.05) is 0 Å². The van der Waals surface area contributed by atoms with Crippen molar-refractivity contribution in [2.24, 2.45) is 0 Å². The Morgan fingerprint density at radius 2 is 2.05 bits per heavy atom. The Labute approximate surface area is 129 Å². The maximum Gasteiger partial charge on any atom is 0.134 e. The molecule has 0 bridgehead atoms. The summed E-state index contributed by atoms with van der Waals surface area (Å²) >= 11 is 0. The van der Waals surface area contributed by atoms with Gasteiger partial charge in [-0.15, -0.1) is 0 Å². The van der Waals surface area contributed by atoms with Crippen molar-refractivity contribution >= 4 is 5.82 Å². The van der Waals surface area contributed by atoms with Gasteiger partial charge in [0.25, 0.3) is 0 Å². The molecule has 1 aliphatic rings. The molecule has 0 radical (unpaired) electrons. The normalized spacial score (nSPS) is 17.1. The van der Waals surface area contributed by atoms with Gasteiger partial charge in [0.2, 0.25) is 0 Å². The minimum absolute atomic E-state index is 0.682. The van der Waals surface area contributed by atoms with Crippen molar-refractivity contribution in [3.8, 4) is 0 Å². The first-order valence-electron chi connectivity index (χ1n) is 8.04. The fraction of sp³-hybridized carbons (Fsp3) is 0.706. The topological polar surface area (TPSA) is 22.6 Å². The smallest absolute Gasteiger partial charge is 0.134 e. The molecule has 0 aliphatic carbocycles. The van der Waals surface area contributed by atoms with Crippen molar-refractivity contribution in [1.29, 1.82) is 0 Å². The molecule has 21 heavy (non-hydrogen) atoms. The predicted molar refractivity (Wildman–Crippen MR) is 89.7 cm³/mol. The van der Waals surface area contributed by atoms with E-state index in [1.54, 1.807) is 0 Å². The summed E-state index contributed by atoms with van der Waals surface area (Å²) in [4.78, 5) is 11.8. The standard InChI is InChI=1S/C17H30N4/c1-14-9-10-16-12-21(13-20(5)17(16)18-14)11-7-6-8-15(2)19(3)4/h9-10,15H,6-8,11-13H2,1-5H3/t15-/m1/s1. The molecule has 118 valence electrons. The Morgan fingerprint density at radius 3 is 2.76 bits per heavy atom. The SMILES string of the molecule is Cc1ccc2c(n1)N(C)CN(CCCC[C@@H](C)N(C)C)C2. The van der Waals surface area contributed by atoms with E-state index < -0.39 is 0 Å². The lowest BCUT2D eigenvalue weighted by molar-refractivity contribution is 0.240. The van der Waals surface area contributed by atoms with E-state index in [1.165, 1.54) is 31.4 Å². The van der Waals surface area contributed by atoms with E-state index in [0.717, 1.165) is 24.7 Å². The summed E-state index contributed by atoms with van der Waals surface area (Å²) in [5.74, 6) is 1.16. The monoisotopic (exact) mass is 290 g/mol. The van der Waals surface area contributed by atoms with Gasteiger partial charge in [0.1, 0.15) is 5.82 Å². The molecule has 0 unspecified atom stereocenters. The summed E-state index contributed by atoms with van der Waals surface area (Å²) < 4.78 is 0. The van der Waals surface area contributed by atoms with Crippen molar-refractivity contribution in [2.75, 3.05) is 39.3 Å². The zero-order chi connectivity index (χ0) is 15.4. The van der Waals surface area contributed by atoms with E-state index in [2.05, 4.69) is 66.8 Å². The van der Waals surface area contributed by atoms with Crippen LogP contribution in [0.4, 0.5) is 5.82 Å². The van der Waals surface area contributed by atoms with E-state index in [-0.39, 0.29) is 0 Å². The molecule has 1 aromatic heterocycles. The lowest BCUT2D eigenvalue weighted by Crippen LogP contribution is -2.41. The summed E-state index contributed by atoms with van der Waals surface area (Å²) in [7, 11) is 6.47. The van der Waals surface area contributed by atoms with Crippen molar-refractivity contribution < 1.29 is 0 Å². The number of rotatable bonds is 6. The minimum Gasteiger partial charge on any atom is -0.346 e. The van der Waals surface area contributed by atoms with Gasteiger partial charge in [-0.05, 0) is 46.9 Å². The first-order chi connectivity index (χ1) is 9.97. The summed E-state index contributed by atoms with van der Waals surface area (Å²) in [6, 6.07) is 5.03. The molecule has 4 nitrogen and oxygen atoms in total. The van der Waals surface area contributed by atoms with E-state index in [9.17, 15) is 0 Å². The van der Waals surface area contributed by atoms with Gasteiger partial charge < -0.3 is 9.80 Å². The number of hydrogen-bond acceptors (Lipinski definition) is 4. The van der Waals surface area contributed by atoms with Gasteiger partial charge in [-0.1, -0.05) is 12.5 Å². The van der Waals surface area contributed by atoms with Gasteiger partial charge >= 0.3 is 0 Å². The number of aromatic nitrogens is 1. The third-order valence-electron chi connectivity index (χ3n) is 4.49. The average Bonchev–Trinajstić information content (AvgIpc) is 2.44. The highest BCUT2D eigenvalue weighted by Gasteiger charge is 2.20. The van der Waals surface area contributed by atoms with Crippen LogP contribution in [0.1, 0.15) is 37.4 Å². The van der Waals surface area contributed by atoms with Crippen LogP contribution in [0.15, 0.2) is 12.1 Å². The highest BCUT2D eigenvalue weighted by Crippen LogP contribution is 2.24. The molecule has 1 atom stereocenters. The van der Waals surface area contributed by atoms with Crippen molar-refractivity contribution in [2.45, 2.75) is 45.7 Å². The molecule has 2 heterocycles. The number of fused-ring (bicyclic) bond motifs is 1. The maximum absolute atomic E-state index is 4.66. The second-order valence-corrected chi connectivity index (χ2v) is 6.64. The molecule has 0 saturated carbocycles. The number of anilines is 1. The lowest BCUT2D eigenvalue weighted by Gasteiger charge is -2.35. The van der Waals surface area contributed by atoms with Gasteiger partial charge in [0, 0.05) is 37.4 Å². The number of pyridine rings is 1. The maximum atomic E-state index is 4.66. The number of nitrogens with zero attached hydrogens (tertiary/aromatic N) is 4. The zero-order valence-corrected chi connectivity index (χ0v) is 14.3. The molecule has 0 aromatic carbocycles. The van der Waals surface area contributed by atoms with Gasteiger partial charge in [0.15, 0.2) is 0 Å². The van der Waals surface area contributed by atoms with Crippen LogP contribution < -0.4 is 4.90 Å². The van der Waals surface area contributed by atoms with Crippen LogP contribution in [-0.2, 0) is 6.54 Å². The predicted octanol–water partition coefficient (Wildman–Crippen LogP) is 2.72. The Kier molecular flexibility index (Phi) is 5.59. The molecule has 1 aromatic rings. The van der Waals surface area contributed by atoms with E-state index >= 15 is 0 Å². The van der Waals surface area contributed by atoms with Crippen LogP contribution >= 0.6 is 0 Å². The Balaban J connectivity index is 1.80. The van der Waals surface area contributed by atoms with Crippen molar-refractivity contribution in [3.05, 3.63) is 23.4 Å². The second kappa shape index (κ2) is 7.23. The Morgan fingerprint density at radius 1 is 1.29 bits per heavy atom. The molecule has 0 amide bonds. The number of aryl methyl sites for hydroxylation is 1. The van der Waals surface area contributed by atoms with Crippen LogP contribution in [0, 0.1) is 6.92 Å². The fourth-order valence-electron chi connectivity index (χ4n) is 2.87. The van der Waals surface area contributed by atoms with Crippen LogP contribution in [-0.4, -0.2) is 55.2 Å². The summed E-state index contributed by atoms with van der Waals surface area (Å²) in [6.07, 6.45) is 3.87. The third-order valence-corrected chi connectivity index (χ3v) is 4.49. The van der Waals surface area contributed by atoms with Crippen LogP contribution in [0.3, 0.4) is 0 Å². The highest BCUT2D eigenvalue weighted by atomic mass is 15.3. The van der Waals surface area contributed by atoms with Gasteiger partial charge in [-0.25, -0.2) is 4.98 Å². The molecule has 2 rings (SSSR count). The van der Waals surface area contributed by atoms with Crippen LogP contribution in [0.2, 0.25) is 0 Å². The molecule has 4 heteroatoms. The molecule has 0 fully saturated rings. The molecular formula is C17H30N4. The Hall–Kier alpha value is -1.13. The van der Waals surface area contributed by atoms with Gasteiger partial charge in [0.05, 0.1) is 6.67 Å². The first kappa shape index (κ1) is 16.2. The molecule has 1 aliphatic heterocycles. The van der Waals surface area contributed by atoms with Gasteiger partial charge in [-0.2, -0.15) is 0 Å². The largest absolute Gasteiger partial charge is 0.346 e. The summed E-state index contributed by atoms with van der Waals surface area (Å²) in [6.45, 7) is 7.58. The lowest BCUT2D eigenvalue weighted by atomic mass is 10.1. The van der Waals surface area contributed by atoms with E-state index in [4.69, 9.17) is 0 Å². The van der Waals surface area contributed by atoms with E-state index in [0.29, 0.717) is 6.04 Å². The summed E-state index contributed by atoms with van der Waals surface area (Å²) in [5.41, 5.74) is 2.46.